The molecule has 1 heterocycles. The molecule has 2 aromatic rings. The summed E-state index contributed by atoms with van der Waals surface area (Å²) in [4.78, 5) is 4.14. The summed E-state index contributed by atoms with van der Waals surface area (Å²) < 4.78 is 20.9. The molecular formula is C13H17N3O5. The molecule has 1 aromatic heterocycles. The van der Waals surface area contributed by atoms with E-state index in [1.54, 1.807) is 12.1 Å². The van der Waals surface area contributed by atoms with E-state index in [1.165, 1.54) is 21.3 Å². The first-order chi connectivity index (χ1) is 10.1. The molecule has 0 aliphatic carbocycles. The van der Waals surface area contributed by atoms with Gasteiger partial charge in [-0.25, -0.2) is 0 Å². The van der Waals surface area contributed by atoms with E-state index in [0.717, 1.165) is 0 Å². The van der Waals surface area contributed by atoms with E-state index < -0.39 is 6.04 Å². The highest BCUT2D eigenvalue weighted by Gasteiger charge is 2.19. The number of aliphatic hydroxyl groups is 1. The van der Waals surface area contributed by atoms with Crippen LogP contribution in [0.4, 0.5) is 0 Å². The van der Waals surface area contributed by atoms with E-state index in [1.807, 2.05) is 0 Å². The van der Waals surface area contributed by atoms with Crippen molar-refractivity contribution >= 4 is 0 Å². The quantitative estimate of drug-likeness (QED) is 0.803. The van der Waals surface area contributed by atoms with Gasteiger partial charge in [0.1, 0.15) is 0 Å². The number of nitrogens with two attached hydrogens (primary N) is 1. The molecule has 0 aliphatic rings. The minimum Gasteiger partial charge on any atom is -0.493 e. The number of methoxy groups -OCH3 is 3. The van der Waals surface area contributed by atoms with Gasteiger partial charge in [-0.05, 0) is 12.1 Å². The van der Waals surface area contributed by atoms with Gasteiger partial charge >= 0.3 is 0 Å². The Morgan fingerprint density at radius 1 is 1.19 bits per heavy atom. The highest BCUT2D eigenvalue weighted by Crippen LogP contribution is 2.40. The lowest BCUT2D eigenvalue weighted by molar-refractivity contribution is 0.260. The van der Waals surface area contributed by atoms with Crippen LogP contribution < -0.4 is 19.9 Å². The first-order valence-electron chi connectivity index (χ1n) is 6.15. The third-order valence-electron chi connectivity index (χ3n) is 2.88. The van der Waals surface area contributed by atoms with Crippen molar-refractivity contribution < 1.29 is 23.8 Å². The zero-order valence-electron chi connectivity index (χ0n) is 12.0. The molecule has 0 bridgehead atoms. The molecule has 1 atom stereocenters. The zero-order valence-corrected chi connectivity index (χ0v) is 12.0. The predicted molar refractivity (Wildman–Crippen MR) is 73.4 cm³/mol. The Morgan fingerprint density at radius 2 is 1.81 bits per heavy atom. The van der Waals surface area contributed by atoms with E-state index in [4.69, 9.17) is 29.6 Å². The monoisotopic (exact) mass is 295 g/mol. The summed E-state index contributed by atoms with van der Waals surface area (Å²) in [6.07, 6.45) is 0. The summed E-state index contributed by atoms with van der Waals surface area (Å²) in [5.41, 5.74) is 6.23. The normalized spacial score (nSPS) is 12.0. The Hall–Kier alpha value is -2.32. The molecule has 2 rings (SSSR count). The number of hydrogen-bond donors (Lipinski definition) is 2. The molecule has 0 saturated heterocycles. The number of rotatable bonds is 6. The first kappa shape index (κ1) is 15.1. The molecule has 1 aromatic carbocycles. The Kier molecular flexibility index (Phi) is 4.61. The Morgan fingerprint density at radius 3 is 2.29 bits per heavy atom. The molecule has 0 saturated carbocycles. The van der Waals surface area contributed by atoms with Crippen molar-refractivity contribution in [2.45, 2.75) is 6.04 Å². The lowest BCUT2D eigenvalue weighted by atomic mass is 10.1. The van der Waals surface area contributed by atoms with Gasteiger partial charge in [-0.3, -0.25) is 0 Å². The Bertz CT molecular complexity index is 589. The first-order valence-corrected chi connectivity index (χ1v) is 6.15. The molecule has 8 heteroatoms. The number of hydrogen-bond acceptors (Lipinski definition) is 8. The maximum absolute atomic E-state index is 9.00. The number of benzene rings is 1. The van der Waals surface area contributed by atoms with Gasteiger partial charge in [-0.1, -0.05) is 5.16 Å². The van der Waals surface area contributed by atoms with E-state index in [2.05, 4.69) is 10.1 Å². The molecule has 0 aliphatic heterocycles. The molecule has 0 fully saturated rings. The van der Waals surface area contributed by atoms with Crippen LogP contribution in [0.1, 0.15) is 11.9 Å². The topological polar surface area (TPSA) is 113 Å². The standard InChI is InChI=1S/C13H17N3O5/c1-18-9-4-7(5-10(19-2)11(9)20-3)13-15-12(16-21-13)8(14)6-17/h4-5,8,17H,6,14H2,1-3H3. The third-order valence-corrected chi connectivity index (χ3v) is 2.88. The second kappa shape index (κ2) is 6.42. The predicted octanol–water partition coefficient (Wildman–Crippen LogP) is 0.755. The molecule has 0 spiro atoms. The van der Waals surface area contributed by atoms with Crippen molar-refractivity contribution in [3.63, 3.8) is 0 Å². The molecule has 0 radical (unpaired) electrons. The van der Waals surface area contributed by atoms with Gasteiger partial charge in [-0.15, -0.1) is 0 Å². The van der Waals surface area contributed by atoms with Crippen LogP contribution >= 0.6 is 0 Å². The summed E-state index contributed by atoms with van der Waals surface area (Å²) >= 11 is 0. The highest BCUT2D eigenvalue weighted by molar-refractivity contribution is 5.65. The van der Waals surface area contributed by atoms with Gasteiger partial charge < -0.3 is 29.6 Å². The van der Waals surface area contributed by atoms with Crippen LogP contribution in [0.5, 0.6) is 17.2 Å². The fourth-order valence-corrected chi connectivity index (χ4v) is 1.79. The number of ether oxygens (including phenoxy) is 3. The van der Waals surface area contributed by atoms with Gasteiger partial charge in [-0.2, -0.15) is 4.98 Å². The second-order valence-corrected chi connectivity index (χ2v) is 4.16. The molecule has 8 nitrogen and oxygen atoms in total. The summed E-state index contributed by atoms with van der Waals surface area (Å²) in [6.45, 7) is -0.270. The average molecular weight is 295 g/mol. The summed E-state index contributed by atoms with van der Waals surface area (Å²) in [6, 6.07) is 2.68. The van der Waals surface area contributed by atoms with E-state index in [-0.39, 0.29) is 18.3 Å². The van der Waals surface area contributed by atoms with Crippen LogP contribution in [0.25, 0.3) is 11.5 Å². The van der Waals surface area contributed by atoms with Crippen LogP contribution in [-0.4, -0.2) is 43.2 Å². The Balaban J connectivity index is 2.46. The lowest BCUT2D eigenvalue weighted by Gasteiger charge is -2.12. The molecular weight excluding hydrogens is 278 g/mol. The smallest absolute Gasteiger partial charge is 0.258 e. The molecule has 0 amide bonds. The fourth-order valence-electron chi connectivity index (χ4n) is 1.79. The zero-order chi connectivity index (χ0) is 15.4. The summed E-state index contributed by atoms with van der Waals surface area (Å²) in [5, 5.41) is 12.7. The number of nitrogens with zero attached hydrogens (tertiary/aromatic N) is 2. The largest absolute Gasteiger partial charge is 0.493 e. The molecule has 3 N–H and O–H groups in total. The van der Waals surface area contributed by atoms with Crippen molar-refractivity contribution in [2.75, 3.05) is 27.9 Å². The van der Waals surface area contributed by atoms with Crippen LogP contribution in [-0.2, 0) is 0 Å². The Labute approximate surface area is 121 Å². The maximum atomic E-state index is 9.00. The van der Waals surface area contributed by atoms with Gasteiger partial charge in [0.15, 0.2) is 17.3 Å². The molecule has 1 unspecified atom stereocenters. The molecule has 21 heavy (non-hydrogen) atoms. The van der Waals surface area contributed by atoms with Crippen molar-refractivity contribution in [2.24, 2.45) is 5.73 Å². The number of aromatic nitrogens is 2. The SMILES string of the molecule is COc1cc(-c2nc(C(N)CO)no2)cc(OC)c1OC. The van der Waals surface area contributed by atoms with Gasteiger partial charge in [0, 0.05) is 5.56 Å². The van der Waals surface area contributed by atoms with Crippen molar-refractivity contribution in [3.05, 3.63) is 18.0 Å². The second-order valence-electron chi connectivity index (χ2n) is 4.16. The van der Waals surface area contributed by atoms with E-state index in [0.29, 0.717) is 22.8 Å². The summed E-state index contributed by atoms with van der Waals surface area (Å²) in [7, 11) is 4.55. The van der Waals surface area contributed by atoms with Crippen LogP contribution in [0.15, 0.2) is 16.7 Å². The van der Waals surface area contributed by atoms with E-state index >= 15 is 0 Å². The van der Waals surface area contributed by atoms with Gasteiger partial charge in [0.2, 0.25) is 5.75 Å². The van der Waals surface area contributed by atoms with Crippen molar-refractivity contribution in [1.29, 1.82) is 0 Å². The van der Waals surface area contributed by atoms with Gasteiger partial charge in [0.05, 0.1) is 34.0 Å². The van der Waals surface area contributed by atoms with Gasteiger partial charge in [0.25, 0.3) is 5.89 Å². The minimum absolute atomic E-state index is 0.223. The third kappa shape index (κ3) is 2.91. The van der Waals surface area contributed by atoms with Crippen molar-refractivity contribution in [3.8, 4) is 28.7 Å². The number of aliphatic hydroxyl groups excluding tert-OH is 1. The minimum atomic E-state index is -0.690. The maximum Gasteiger partial charge on any atom is 0.258 e. The highest BCUT2D eigenvalue weighted by atomic mass is 16.5. The molecule has 114 valence electrons. The summed E-state index contributed by atoms with van der Waals surface area (Å²) in [5.74, 6) is 1.88. The van der Waals surface area contributed by atoms with Crippen molar-refractivity contribution in [1.82, 2.24) is 10.1 Å². The van der Waals surface area contributed by atoms with Crippen LogP contribution in [0, 0.1) is 0 Å². The van der Waals surface area contributed by atoms with Crippen LogP contribution in [0.2, 0.25) is 0 Å². The van der Waals surface area contributed by atoms with Crippen LogP contribution in [0.3, 0.4) is 0 Å². The fraction of sp³-hybridized carbons (Fsp3) is 0.385. The lowest BCUT2D eigenvalue weighted by Crippen LogP contribution is -2.15. The van der Waals surface area contributed by atoms with E-state index in [9.17, 15) is 0 Å². The average Bonchev–Trinajstić information content (AvgIpc) is 3.02.